The zero-order valence-electron chi connectivity index (χ0n) is 15.9. The quantitative estimate of drug-likeness (QED) is 0.711. The van der Waals surface area contributed by atoms with Gasteiger partial charge in [-0.1, -0.05) is 30.3 Å². The van der Waals surface area contributed by atoms with Crippen molar-refractivity contribution in [1.29, 1.82) is 0 Å². The SMILES string of the molecule is CCN(C(=O)Cc1ccc(NC(=O)CC(CN)OC)cc1)c1ccccc1. The summed E-state index contributed by atoms with van der Waals surface area (Å²) in [6.45, 7) is 2.86. The highest BCUT2D eigenvalue weighted by Crippen LogP contribution is 2.16. The largest absolute Gasteiger partial charge is 0.380 e. The highest BCUT2D eigenvalue weighted by molar-refractivity contribution is 5.95. The maximum absolute atomic E-state index is 12.6. The Morgan fingerprint density at radius 2 is 1.78 bits per heavy atom. The molecule has 6 heteroatoms. The molecule has 1 atom stereocenters. The lowest BCUT2D eigenvalue weighted by Crippen LogP contribution is -2.31. The van der Waals surface area contributed by atoms with E-state index in [0.717, 1.165) is 11.3 Å². The third-order valence-electron chi connectivity index (χ3n) is 4.29. The molecule has 1 unspecified atom stereocenters. The van der Waals surface area contributed by atoms with Crippen molar-refractivity contribution in [3.05, 3.63) is 60.2 Å². The van der Waals surface area contributed by atoms with Gasteiger partial charge in [-0.25, -0.2) is 0 Å². The maximum atomic E-state index is 12.6. The molecule has 0 saturated carbocycles. The molecular weight excluding hydrogens is 342 g/mol. The summed E-state index contributed by atoms with van der Waals surface area (Å²) in [6.07, 6.45) is 0.214. The number of nitrogens with two attached hydrogens (primary N) is 1. The Bertz CT molecular complexity index is 728. The minimum absolute atomic E-state index is 0.0337. The first-order chi connectivity index (χ1) is 13.1. The zero-order chi connectivity index (χ0) is 19.6. The Kier molecular flexibility index (Phi) is 7.98. The molecule has 0 fully saturated rings. The van der Waals surface area contributed by atoms with Crippen LogP contribution in [0.15, 0.2) is 54.6 Å². The van der Waals surface area contributed by atoms with E-state index >= 15 is 0 Å². The number of para-hydroxylation sites is 1. The van der Waals surface area contributed by atoms with E-state index < -0.39 is 0 Å². The van der Waals surface area contributed by atoms with Crippen LogP contribution in [0.1, 0.15) is 18.9 Å². The number of likely N-dealkylation sites (N-methyl/N-ethyl adjacent to an activating group) is 1. The molecule has 0 aliphatic heterocycles. The lowest BCUT2D eigenvalue weighted by Gasteiger charge is -2.21. The van der Waals surface area contributed by atoms with Gasteiger partial charge in [0, 0.05) is 31.6 Å². The van der Waals surface area contributed by atoms with E-state index in [9.17, 15) is 9.59 Å². The highest BCUT2D eigenvalue weighted by atomic mass is 16.5. The summed E-state index contributed by atoms with van der Waals surface area (Å²) in [5, 5.41) is 2.81. The Morgan fingerprint density at radius 1 is 1.11 bits per heavy atom. The fourth-order valence-electron chi connectivity index (χ4n) is 2.77. The number of carbonyl (C=O) groups is 2. The van der Waals surface area contributed by atoms with Gasteiger partial charge in [0.15, 0.2) is 0 Å². The average Bonchev–Trinajstić information content (AvgIpc) is 2.69. The topological polar surface area (TPSA) is 84.7 Å². The monoisotopic (exact) mass is 369 g/mol. The van der Waals surface area contributed by atoms with Crippen LogP contribution in [0.5, 0.6) is 0 Å². The van der Waals surface area contributed by atoms with E-state index in [1.165, 1.54) is 7.11 Å². The molecule has 0 radical (unpaired) electrons. The van der Waals surface area contributed by atoms with Crippen LogP contribution in [0.3, 0.4) is 0 Å². The number of ether oxygens (including phenoxy) is 1. The lowest BCUT2D eigenvalue weighted by atomic mass is 10.1. The summed E-state index contributed by atoms with van der Waals surface area (Å²) in [7, 11) is 1.53. The van der Waals surface area contributed by atoms with E-state index in [0.29, 0.717) is 25.2 Å². The first kappa shape index (κ1) is 20.6. The molecular formula is C21H27N3O3. The predicted molar refractivity (Wildman–Crippen MR) is 108 cm³/mol. The molecule has 3 N–H and O–H groups in total. The number of hydrogen-bond acceptors (Lipinski definition) is 4. The van der Waals surface area contributed by atoms with Crippen LogP contribution in [0.2, 0.25) is 0 Å². The summed E-state index contributed by atoms with van der Waals surface area (Å²) in [5.41, 5.74) is 7.99. The third-order valence-corrected chi connectivity index (χ3v) is 4.29. The molecule has 0 aliphatic carbocycles. The summed E-state index contributed by atoms with van der Waals surface area (Å²) in [5.74, 6) is -0.122. The second-order valence-corrected chi connectivity index (χ2v) is 6.19. The molecule has 2 aromatic rings. The van der Waals surface area contributed by atoms with Gasteiger partial charge >= 0.3 is 0 Å². The van der Waals surface area contributed by atoms with Crippen LogP contribution in [-0.4, -0.2) is 38.1 Å². The van der Waals surface area contributed by atoms with Crippen molar-refractivity contribution in [1.82, 2.24) is 0 Å². The summed E-state index contributed by atoms with van der Waals surface area (Å²) in [4.78, 5) is 26.4. The van der Waals surface area contributed by atoms with E-state index in [1.54, 1.807) is 17.0 Å². The zero-order valence-corrected chi connectivity index (χ0v) is 15.9. The molecule has 0 aliphatic rings. The molecule has 27 heavy (non-hydrogen) atoms. The van der Waals surface area contributed by atoms with Crippen molar-refractivity contribution >= 4 is 23.2 Å². The number of hydrogen-bond donors (Lipinski definition) is 2. The van der Waals surface area contributed by atoms with Crippen LogP contribution in [-0.2, 0) is 20.7 Å². The van der Waals surface area contributed by atoms with Gasteiger partial charge in [-0.05, 0) is 36.8 Å². The Hall–Kier alpha value is -2.70. The van der Waals surface area contributed by atoms with Crippen molar-refractivity contribution in [3.8, 4) is 0 Å². The third kappa shape index (κ3) is 6.20. The van der Waals surface area contributed by atoms with E-state index in [1.807, 2.05) is 49.4 Å². The number of methoxy groups -OCH3 is 1. The second-order valence-electron chi connectivity index (χ2n) is 6.19. The summed E-state index contributed by atoms with van der Waals surface area (Å²) >= 11 is 0. The molecule has 0 spiro atoms. The van der Waals surface area contributed by atoms with E-state index in [4.69, 9.17) is 10.5 Å². The molecule has 2 rings (SSSR count). The van der Waals surface area contributed by atoms with Gasteiger partial charge in [-0.15, -0.1) is 0 Å². The number of amides is 2. The summed E-state index contributed by atoms with van der Waals surface area (Å²) in [6, 6.07) is 16.9. The molecule has 0 heterocycles. The van der Waals surface area contributed by atoms with Crippen LogP contribution in [0.4, 0.5) is 11.4 Å². The standard InChI is InChI=1S/C21H27N3O3/c1-3-24(18-7-5-4-6-8-18)21(26)13-16-9-11-17(12-10-16)23-20(25)14-19(15-22)27-2/h4-12,19H,3,13-15,22H2,1-2H3,(H,23,25). The first-order valence-corrected chi connectivity index (χ1v) is 9.04. The summed E-state index contributed by atoms with van der Waals surface area (Å²) < 4.78 is 5.11. The van der Waals surface area contributed by atoms with Crippen LogP contribution >= 0.6 is 0 Å². The first-order valence-electron chi connectivity index (χ1n) is 9.04. The van der Waals surface area contributed by atoms with Crippen LogP contribution in [0, 0.1) is 0 Å². The van der Waals surface area contributed by atoms with Crippen molar-refractivity contribution in [2.75, 3.05) is 30.4 Å². The van der Waals surface area contributed by atoms with Crippen molar-refractivity contribution in [2.24, 2.45) is 5.73 Å². The van der Waals surface area contributed by atoms with Crippen LogP contribution < -0.4 is 16.0 Å². The number of benzene rings is 2. The Balaban J connectivity index is 1.94. The van der Waals surface area contributed by atoms with Gasteiger partial charge in [-0.3, -0.25) is 9.59 Å². The van der Waals surface area contributed by atoms with Crippen molar-refractivity contribution in [2.45, 2.75) is 25.9 Å². The highest BCUT2D eigenvalue weighted by Gasteiger charge is 2.15. The molecule has 2 aromatic carbocycles. The van der Waals surface area contributed by atoms with Gasteiger partial charge in [0.25, 0.3) is 0 Å². The smallest absolute Gasteiger partial charge is 0.231 e. The Morgan fingerprint density at radius 3 is 2.33 bits per heavy atom. The van der Waals surface area contributed by atoms with Gasteiger partial charge in [0.2, 0.25) is 11.8 Å². The number of carbonyl (C=O) groups excluding carboxylic acids is 2. The van der Waals surface area contributed by atoms with Gasteiger partial charge < -0.3 is 20.7 Å². The number of rotatable bonds is 9. The van der Waals surface area contributed by atoms with E-state index in [2.05, 4.69) is 5.32 Å². The fraction of sp³-hybridized carbons (Fsp3) is 0.333. The van der Waals surface area contributed by atoms with Gasteiger partial charge in [-0.2, -0.15) is 0 Å². The minimum Gasteiger partial charge on any atom is -0.380 e. The van der Waals surface area contributed by atoms with Crippen LogP contribution in [0.25, 0.3) is 0 Å². The molecule has 144 valence electrons. The Labute approximate surface area is 160 Å². The predicted octanol–water partition coefficient (Wildman–Crippen LogP) is 2.58. The average molecular weight is 369 g/mol. The van der Waals surface area contributed by atoms with Crippen molar-refractivity contribution < 1.29 is 14.3 Å². The number of nitrogens with one attached hydrogen (secondary N) is 1. The number of nitrogens with zero attached hydrogens (tertiary/aromatic N) is 1. The maximum Gasteiger partial charge on any atom is 0.231 e. The minimum atomic E-state index is -0.292. The molecule has 6 nitrogen and oxygen atoms in total. The van der Waals surface area contributed by atoms with Crippen molar-refractivity contribution in [3.63, 3.8) is 0 Å². The normalized spacial score (nSPS) is 11.7. The van der Waals surface area contributed by atoms with E-state index in [-0.39, 0.29) is 24.3 Å². The molecule has 0 saturated heterocycles. The molecule has 0 bridgehead atoms. The lowest BCUT2D eigenvalue weighted by molar-refractivity contribution is -0.119. The number of anilines is 2. The van der Waals surface area contributed by atoms with Gasteiger partial charge in [0.05, 0.1) is 18.9 Å². The molecule has 2 amide bonds. The molecule has 0 aromatic heterocycles. The second kappa shape index (κ2) is 10.4. The fourth-order valence-corrected chi connectivity index (χ4v) is 2.77. The van der Waals surface area contributed by atoms with Gasteiger partial charge in [0.1, 0.15) is 0 Å².